The number of hydrogen-bond acceptors (Lipinski definition) is 4. The Labute approximate surface area is 271 Å². The van der Waals surface area contributed by atoms with E-state index in [0.717, 1.165) is 33.0 Å². The van der Waals surface area contributed by atoms with Gasteiger partial charge in [-0.05, 0) is 85.8 Å². The van der Waals surface area contributed by atoms with Crippen LogP contribution in [0.25, 0.3) is 0 Å². The van der Waals surface area contributed by atoms with Gasteiger partial charge in [-0.3, -0.25) is 13.9 Å². The first kappa shape index (κ1) is 33.7. The second kappa shape index (κ2) is 15.2. The number of carbonyl (C=O) groups excluding carboxylic acids is 2. The SMILES string of the molecule is CC[C@@H](C)NC(=O)[C@H](Cc1ccccc1)N(Cc1ccccc1)C(=O)CN(c1ccc(C)c(C)c1)S(=O)(=O)c1ccc(Cl)cc1. The van der Waals surface area contributed by atoms with Crippen molar-refractivity contribution in [3.63, 3.8) is 0 Å². The Kier molecular flexibility index (Phi) is 11.4. The second-order valence-electron chi connectivity index (χ2n) is 11.3. The largest absolute Gasteiger partial charge is 0.352 e. The molecule has 9 heteroatoms. The molecule has 0 heterocycles. The second-order valence-corrected chi connectivity index (χ2v) is 13.6. The van der Waals surface area contributed by atoms with Crippen molar-refractivity contribution >= 4 is 39.1 Å². The van der Waals surface area contributed by atoms with Gasteiger partial charge in [0.15, 0.2) is 0 Å². The average molecular weight is 646 g/mol. The number of anilines is 1. The maximum Gasteiger partial charge on any atom is 0.264 e. The van der Waals surface area contributed by atoms with Crippen molar-refractivity contribution in [1.29, 1.82) is 0 Å². The molecule has 2 atom stereocenters. The quantitative estimate of drug-likeness (QED) is 0.175. The number of nitrogens with one attached hydrogen (secondary N) is 1. The van der Waals surface area contributed by atoms with Crippen molar-refractivity contribution in [1.82, 2.24) is 10.2 Å². The van der Waals surface area contributed by atoms with Crippen molar-refractivity contribution in [2.24, 2.45) is 0 Å². The van der Waals surface area contributed by atoms with E-state index in [2.05, 4.69) is 5.32 Å². The number of aryl methyl sites for hydroxylation is 2. The Morgan fingerprint density at radius 2 is 1.42 bits per heavy atom. The number of carbonyl (C=O) groups is 2. The standard InChI is InChI=1S/C36H40ClN3O4S/c1-5-28(4)38-36(42)34(23-29-12-8-6-9-13-29)39(24-30-14-10-7-11-15-30)35(41)25-40(32-19-16-26(2)27(3)22-32)45(43,44)33-20-17-31(37)18-21-33/h6-22,28,34H,5,23-25H2,1-4H3,(H,38,42)/t28-,34+/m1/s1. The van der Waals surface area contributed by atoms with Gasteiger partial charge in [0, 0.05) is 24.0 Å². The zero-order chi connectivity index (χ0) is 32.6. The van der Waals surface area contributed by atoms with Crippen LogP contribution < -0.4 is 9.62 Å². The third kappa shape index (κ3) is 8.74. The Balaban J connectivity index is 1.81. The number of benzene rings is 4. The van der Waals surface area contributed by atoms with E-state index < -0.39 is 28.5 Å². The summed E-state index contributed by atoms with van der Waals surface area (Å²) in [6.07, 6.45) is 0.978. The van der Waals surface area contributed by atoms with E-state index in [0.29, 0.717) is 10.7 Å². The summed E-state index contributed by atoms with van der Waals surface area (Å²) in [6.45, 7) is 7.34. The molecule has 0 saturated carbocycles. The molecule has 0 radical (unpaired) electrons. The average Bonchev–Trinajstić information content (AvgIpc) is 3.03. The lowest BCUT2D eigenvalue weighted by Gasteiger charge is -2.34. The van der Waals surface area contributed by atoms with E-state index in [1.807, 2.05) is 94.4 Å². The molecule has 0 aliphatic carbocycles. The molecule has 4 aromatic rings. The minimum atomic E-state index is -4.20. The van der Waals surface area contributed by atoms with Crippen molar-refractivity contribution in [2.75, 3.05) is 10.8 Å². The molecule has 0 aromatic heterocycles. The van der Waals surface area contributed by atoms with Gasteiger partial charge in [0.1, 0.15) is 12.6 Å². The lowest BCUT2D eigenvalue weighted by Crippen LogP contribution is -2.54. The minimum Gasteiger partial charge on any atom is -0.352 e. The first-order valence-corrected chi connectivity index (χ1v) is 16.8. The zero-order valence-corrected chi connectivity index (χ0v) is 27.7. The topological polar surface area (TPSA) is 86.8 Å². The van der Waals surface area contributed by atoms with E-state index in [1.54, 1.807) is 12.1 Å². The van der Waals surface area contributed by atoms with Crippen molar-refractivity contribution in [3.05, 3.63) is 130 Å². The van der Waals surface area contributed by atoms with Gasteiger partial charge in [0.25, 0.3) is 10.0 Å². The van der Waals surface area contributed by atoms with Crippen LogP contribution in [0.5, 0.6) is 0 Å². The van der Waals surface area contributed by atoms with E-state index in [9.17, 15) is 18.0 Å². The van der Waals surface area contributed by atoms with Crippen molar-refractivity contribution < 1.29 is 18.0 Å². The number of rotatable bonds is 13. The van der Waals surface area contributed by atoms with Crippen LogP contribution in [0.4, 0.5) is 5.69 Å². The third-order valence-electron chi connectivity index (χ3n) is 7.93. The molecule has 0 saturated heterocycles. The summed E-state index contributed by atoms with van der Waals surface area (Å²) in [5.41, 5.74) is 3.92. The third-order valence-corrected chi connectivity index (χ3v) is 9.97. The molecule has 7 nitrogen and oxygen atoms in total. The van der Waals surface area contributed by atoms with Gasteiger partial charge in [0.05, 0.1) is 10.6 Å². The lowest BCUT2D eigenvalue weighted by atomic mass is 10.0. The van der Waals surface area contributed by atoms with Crippen LogP contribution in [0.1, 0.15) is 42.5 Å². The van der Waals surface area contributed by atoms with Gasteiger partial charge in [-0.15, -0.1) is 0 Å². The predicted molar refractivity (Wildman–Crippen MR) is 181 cm³/mol. The molecule has 0 bridgehead atoms. The fourth-order valence-electron chi connectivity index (χ4n) is 4.92. The summed E-state index contributed by atoms with van der Waals surface area (Å²) < 4.78 is 29.5. The van der Waals surface area contributed by atoms with Crippen LogP contribution in [-0.2, 0) is 32.6 Å². The predicted octanol–water partition coefficient (Wildman–Crippen LogP) is 6.71. The lowest BCUT2D eigenvalue weighted by molar-refractivity contribution is -0.140. The van der Waals surface area contributed by atoms with Crippen LogP contribution in [0.15, 0.2) is 108 Å². The van der Waals surface area contributed by atoms with E-state index >= 15 is 0 Å². The summed E-state index contributed by atoms with van der Waals surface area (Å²) in [7, 11) is -4.20. The summed E-state index contributed by atoms with van der Waals surface area (Å²) >= 11 is 6.07. The van der Waals surface area contributed by atoms with Gasteiger partial charge < -0.3 is 10.2 Å². The summed E-state index contributed by atoms with van der Waals surface area (Å²) in [5.74, 6) is -0.800. The van der Waals surface area contributed by atoms with Gasteiger partial charge >= 0.3 is 0 Å². The van der Waals surface area contributed by atoms with Crippen molar-refractivity contribution in [2.45, 2.75) is 64.1 Å². The van der Waals surface area contributed by atoms with Gasteiger partial charge in [-0.1, -0.05) is 85.3 Å². The number of halogens is 1. The highest BCUT2D eigenvalue weighted by atomic mass is 35.5. The van der Waals surface area contributed by atoms with E-state index in [1.165, 1.54) is 29.2 Å². The molecule has 0 aliphatic rings. The molecular formula is C36H40ClN3O4S. The highest BCUT2D eigenvalue weighted by molar-refractivity contribution is 7.92. The van der Waals surface area contributed by atoms with Crippen LogP contribution in [0.3, 0.4) is 0 Å². The normalized spacial score (nSPS) is 12.6. The number of sulfonamides is 1. The first-order valence-electron chi connectivity index (χ1n) is 15.0. The molecule has 1 N–H and O–H groups in total. The van der Waals surface area contributed by atoms with Gasteiger partial charge in [0.2, 0.25) is 11.8 Å². The highest BCUT2D eigenvalue weighted by Crippen LogP contribution is 2.27. The van der Waals surface area contributed by atoms with Crippen LogP contribution in [-0.4, -0.2) is 43.8 Å². The fourth-order valence-corrected chi connectivity index (χ4v) is 6.45. The summed E-state index contributed by atoms with van der Waals surface area (Å²) in [5, 5.41) is 3.45. The Morgan fingerprint density at radius 3 is 2.00 bits per heavy atom. The zero-order valence-electron chi connectivity index (χ0n) is 26.1. The van der Waals surface area contributed by atoms with Gasteiger partial charge in [-0.25, -0.2) is 8.42 Å². The Bertz CT molecular complexity index is 1700. The monoisotopic (exact) mass is 645 g/mol. The smallest absolute Gasteiger partial charge is 0.264 e. The van der Waals surface area contributed by atoms with E-state index in [-0.39, 0.29) is 29.8 Å². The summed E-state index contributed by atoms with van der Waals surface area (Å²) in [6, 6.07) is 29.1. The van der Waals surface area contributed by atoms with Crippen LogP contribution >= 0.6 is 11.6 Å². The molecule has 0 spiro atoms. The molecule has 2 amide bonds. The Hall–Kier alpha value is -4.14. The maximum atomic E-state index is 14.5. The molecule has 45 heavy (non-hydrogen) atoms. The number of hydrogen-bond donors (Lipinski definition) is 1. The first-order chi connectivity index (χ1) is 21.5. The fraction of sp³-hybridized carbons (Fsp3) is 0.278. The minimum absolute atomic E-state index is 0.00267. The van der Waals surface area contributed by atoms with Crippen LogP contribution in [0, 0.1) is 13.8 Å². The summed E-state index contributed by atoms with van der Waals surface area (Å²) in [4.78, 5) is 29.9. The highest BCUT2D eigenvalue weighted by Gasteiger charge is 2.35. The molecule has 0 aliphatic heterocycles. The van der Waals surface area contributed by atoms with Crippen LogP contribution in [0.2, 0.25) is 5.02 Å². The molecular weight excluding hydrogens is 606 g/mol. The molecule has 4 aromatic carbocycles. The molecule has 4 rings (SSSR count). The molecule has 236 valence electrons. The number of nitrogens with zero attached hydrogens (tertiary/aromatic N) is 2. The van der Waals surface area contributed by atoms with E-state index in [4.69, 9.17) is 11.6 Å². The van der Waals surface area contributed by atoms with Crippen molar-refractivity contribution in [3.8, 4) is 0 Å². The number of amides is 2. The molecule has 0 unspecified atom stereocenters. The van der Waals surface area contributed by atoms with Gasteiger partial charge in [-0.2, -0.15) is 0 Å². The molecule has 0 fully saturated rings. The Morgan fingerprint density at radius 1 is 0.822 bits per heavy atom. The maximum absolute atomic E-state index is 14.5.